The molecular weight excluding hydrogens is 188 g/mol. The zero-order valence-corrected chi connectivity index (χ0v) is 7.97. The highest BCUT2D eigenvalue weighted by molar-refractivity contribution is 5.74. The molecule has 0 saturated heterocycles. The summed E-state index contributed by atoms with van der Waals surface area (Å²) in [7, 11) is 0. The van der Waals surface area contributed by atoms with Gasteiger partial charge in [0.15, 0.2) is 0 Å². The van der Waals surface area contributed by atoms with Crippen LogP contribution in [0.5, 0.6) is 0 Å². The Balaban J connectivity index is 3.21. The summed E-state index contributed by atoms with van der Waals surface area (Å²) in [5, 5.41) is 2.26. The summed E-state index contributed by atoms with van der Waals surface area (Å²) in [6, 6.07) is 4.42. The lowest BCUT2D eigenvalue weighted by Crippen LogP contribution is -2.11. The van der Waals surface area contributed by atoms with Crippen molar-refractivity contribution in [3.63, 3.8) is 0 Å². The number of halogens is 2. The summed E-state index contributed by atoms with van der Waals surface area (Å²) in [6.07, 6.45) is 0.393. The van der Waals surface area contributed by atoms with Crippen molar-refractivity contribution in [1.82, 2.24) is 0 Å². The molecule has 0 aliphatic heterocycles. The first-order valence-electron chi connectivity index (χ1n) is 4.14. The van der Waals surface area contributed by atoms with E-state index in [0.717, 1.165) is 12.5 Å². The molecule has 4 heteroatoms. The first kappa shape index (κ1) is 10.6. The molecule has 0 heterocycles. The molecule has 1 N–H and O–H groups in total. The lowest BCUT2D eigenvalue weighted by atomic mass is 10.1. The molecule has 0 unspecified atom stereocenters. The molecule has 1 rings (SSSR count). The predicted molar refractivity (Wildman–Crippen MR) is 50.4 cm³/mol. The Morgan fingerprint density at radius 2 is 2.07 bits per heavy atom. The van der Waals surface area contributed by atoms with E-state index in [4.69, 9.17) is 0 Å². The molecule has 1 aromatic carbocycles. The van der Waals surface area contributed by atoms with Crippen LogP contribution in [0.3, 0.4) is 0 Å². The van der Waals surface area contributed by atoms with Gasteiger partial charge in [0.1, 0.15) is 0 Å². The van der Waals surface area contributed by atoms with E-state index in [9.17, 15) is 13.6 Å². The fraction of sp³-hybridized carbons (Fsp3) is 0.300. The van der Waals surface area contributed by atoms with Crippen LogP contribution in [0.25, 0.3) is 0 Å². The third-order valence-electron chi connectivity index (χ3n) is 1.86. The standard InChI is InChI=1S/C10H11F2NO/c1-7-3-4-8(10(2,11)12)9(5-7)13-6-14/h3-6H,1-2H3,(H,13,14). The summed E-state index contributed by atoms with van der Waals surface area (Å²) < 4.78 is 26.0. The zero-order valence-electron chi connectivity index (χ0n) is 7.97. The van der Waals surface area contributed by atoms with Crippen LogP contribution >= 0.6 is 0 Å². The van der Waals surface area contributed by atoms with E-state index in [1.165, 1.54) is 12.1 Å². The summed E-state index contributed by atoms with van der Waals surface area (Å²) in [6.45, 7) is 2.57. The molecular formula is C10H11F2NO. The van der Waals surface area contributed by atoms with Gasteiger partial charge >= 0.3 is 0 Å². The molecule has 76 valence electrons. The van der Waals surface area contributed by atoms with Crippen LogP contribution in [0.2, 0.25) is 0 Å². The van der Waals surface area contributed by atoms with E-state index in [1.54, 1.807) is 13.0 Å². The molecule has 0 radical (unpaired) electrons. The average Bonchev–Trinajstić information content (AvgIpc) is 2.02. The van der Waals surface area contributed by atoms with Crippen molar-refractivity contribution in [2.24, 2.45) is 0 Å². The van der Waals surface area contributed by atoms with Crippen LogP contribution in [0.1, 0.15) is 18.1 Å². The molecule has 0 aliphatic rings. The van der Waals surface area contributed by atoms with Crippen molar-refractivity contribution in [3.8, 4) is 0 Å². The van der Waals surface area contributed by atoms with Gasteiger partial charge in [-0.1, -0.05) is 12.1 Å². The van der Waals surface area contributed by atoms with E-state index in [2.05, 4.69) is 5.32 Å². The highest BCUT2D eigenvalue weighted by Crippen LogP contribution is 2.33. The minimum Gasteiger partial charge on any atom is -0.328 e. The van der Waals surface area contributed by atoms with Crippen molar-refractivity contribution in [3.05, 3.63) is 29.3 Å². The van der Waals surface area contributed by atoms with Gasteiger partial charge in [0.2, 0.25) is 6.41 Å². The lowest BCUT2D eigenvalue weighted by molar-refractivity contribution is -0.105. The second kappa shape index (κ2) is 3.74. The van der Waals surface area contributed by atoms with E-state index in [1.807, 2.05) is 0 Å². The number of nitrogens with one attached hydrogen (secondary N) is 1. The van der Waals surface area contributed by atoms with Gasteiger partial charge in [0.05, 0.1) is 0 Å². The molecule has 0 aromatic heterocycles. The Hall–Kier alpha value is -1.45. The summed E-state index contributed by atoms with van der Waals surface area (Å²) in [4.78, 5) is 10.2. The number of benzene rings is 1. The topological polar surface area (TPSA) is 29.1 Å². The number of carbonyl (C=O) groups excluding carboxylic acids is 1. The Bertz CT molecular complexity index is 344. The molecule has 0 atom stereocenters. The maximum absolute atomic E-state index is 13.0. The van der Waals surface area contributed by atoms with Gasteiger partial charge in [-0.05, 0) is 18.6 Å². The average molecular weight is 199 g/mol. The van der Waals surface area contributed by atoms with Gasteiger partial charge in [-0.15, -0.1) is 0 Å². The van der Waals surface area contributed by atoms with E-state index < -0.39 is 5.92 Å². The van der Waals surface area contributed by atoms with Crippen LogP contribution in [0, 0.1) is 6.92 Å². The summed E-state index contributed by atoms with van der Waals surface area (Å²) in [5.41, 5.74) is 0.810. The number of anilines is 1. The van der Waals surface area contributed by atoms with Crippen LogP contribution < -0.4 is 5.32 Å². The minimum atomic E-state index is -2.95. The summed E-state index contributed by atoms with van der Waals surface area (Å²) >= 11 is 0. The normalized spacial score (nSPS) is 11.1. The van der Waals surface area contributed by atoms with E-state index in [-0.39, 0.29) is 11.3 Å². The lowest BCUT2D eigenvalue weighted by Gasteiger charge is -2.15. The molecule has 0 saturated carbocycles. The molecule has 0 aliphatic carbocycles. The van der Waals surface area contributed by atoms with E-state index in [0.29, 0.717) is 6.41 Å². The zero-order chi connectivity index (χ0) is 10.8. The first-order valence-corrected chi connectivity index (χ1v) is 4.14. The largest absolute Gasteiger partial charge is 0.328 e. The number of aryl methyl sites for hydroxylation is 1. The van der Waals surface area contributed by atoms with Gasteiger partial charge in [0, 0.05) is 18.2 Å². The van der Waals surface area contributed by atoms with Gasteiger partial charge in [0.25, 0.3) is 5.92 Å². The molecule has 0 spiro atoms. The Morgan fingerprint density at radius 3 is 2.57 bits per heavy atom. The third-order valence-corrected chi connectivity index (χ3v) is 1.86. The molecule has 1 amide bonds. The Morgan fingerprint density at radius 1 is 1.43 bits per heavy atom. The Kier molecular flexibility index (Phi) is 2.84. The maximum atomic E-state index is 13.0. The van der Waals surface area contributed by atoms with Crippen molar-refractivity contribution in [1.29, 1.82) is 0 Å². The second-order valence-electron chi connectivity index (χ2n) is 3.20. The fourth-order valence-electron chi connectivity index (χ4n) is 1.22. The van der Waals surface area contributed by atoms with Gasteiger partial charge in [-0.3, -0.25) is 4.79 Å². The molecule has 1 aromatic rings. The third kappa shape index (κ3) is 2.28. The number of amides is 1. The van der Waals surface area contributed by atoms with E-state index >= 15 is 0 Å². The van der Waals surface area contributed by atoms with Crippen LogP contribution in [0.15, 0.2) is 18.2 Å². The SMILES string of the molecule is Cc1ccc(C(C)(F)F)c(NC=O)c1. The fourth-order valence-corrected chi connectivity index (χ4v) is 1.22. The molecule has 14 heavy (non-hydrogen) atoms. The molecule has 0 fully saturated rings. The number of rotatable bonds is 3. The van der Waals surface area contributed by atoms with Gasteiger partial charge < -0.3 is 5.32 Å². The first-order chi connectivity index (χ1) is 6.45. The van der Waals surface area contributed by atoms with Crippen molar-refractivity contribution >= 4 is 12.1 Å². The summed E-state index contributed by atoms with van der Waals surface area (Å²) in [5.74, 6) is -2.95. The quantitative estimate of drug-likeness (QED) is 0.745. The maximum Gasteiger partial charge on any atom is 0.272 e. The smallest absolute Gasteiger partial charge is 0.272 e. The van der Waals surface area contributed by atoms with Crippen molar-refractivity contribution < 1.29 is 13.6 Å². The van der Waals surface area contributed by atoms with Crippen LogP contribution in [-0.4, -0.2) is 6.41 Å². The predicted octanol–water partition coefficient (Wildman–Crippen LogP) is 2.68. The van der Waals surface area contributed by atoms with Gasteiger partial charge in [-0.25, -0.2) is 8.78 Å². The monoisotopic (exact) mass is 199 g/mol. The number of hydrogen-bond donors (Lipinski definition) is 1. The Labute approximate surface area is 80.9 Å². The second-order valence-corrected chi connectivity index (χ2v) is 3.20. The van der Waals surface area contributed by atoms with Gasteiger partial charge in [-0.2, -0.15) is 0 Å². The van der Waals surface area contributed by atoms with Crippen LogP contribution in [-0.2, 0) is 10.7 Å². The molecule has 2 nitrogen and oxygen atoms in total. The number of carbonyl (C=O) groups is 1. The number of hydrogen-bond acceptors (Lipinski definition) is 1. The minimum absolute atomic E-state index is 0.160. The van der Waals surface area contributed by atoms with Crippen molar-refractivity contribution in [2.75, 3.05) is 5.32 Å². The van der Waals surface area contributed by atoms with Crippen molar-refractivity contribution in [2.45, 2.75) is 19.8 Å². The highest BCUT2D eigenvalue weighted by atomic mass is 19.3. The van der Waals surface area contributed by atoms with Crippen LogP contribution in [0.4, 0.5) is 14.5 Å². The molecule has 0 bridgehead atoms. The number of alkyl halides is 2. The highest BCUT2D eigenvalue weighted by Gasteiger charge is 2.27.